The highest BCUT2D eigenvalue weighted by atomic mass is 16.5. The predicted molar refractivity (Wildman–Crippen MR) is 143 cm³/mol. The van der Waals surface area contributed by atoms with Crippen LogP contribution in [0.25, 0.3) is 11.0 Å². The molecule has 1 aliphatic heterocycles. The van der Waals surface area contributed by atoms with Gasteiger partial charge in [-0.2, -0.15) is 0 Å². The van der Waals surface area contributed by atoms with Crippen molar-refractivity contribution in [3.05, 3.63) is 93.3 Å². The maximum atomic E-state index is 13.8. The fourth-order valence-electron chi connectivity index (χ4n) is 5.00. The summed E-state index contributed by atoms with van der Waals surface area (Å²) in [6, 6.07) is 17.5. The molecule has 38 heavy (non-hydrogen) atoms. The van der Waals surface area contributed by atoms with E-state index in [2.05, 4.69) is 0 Å². The van der Waals surface area contributed by atoms with E-state index in [4.69, 9.17) is 23.4 Å². The highest BCUT2D eigenvalue weighted by Crippen LogP contribution is 2.39. The summed E-state index contributed by atoms with van der Waals surface area (Å²) in [7, 11) is 4.74. The van der Waals surface area contributed by atoms with Crippen molar-refractivity contribution >= 4 is 16.9 Å². The largest absolute Gasteiger partial charge is 0.496 e. The van der Waals surface area contributed by atoms with E-state index in [1.807, 2.05) is 43.3 Å². The van der Waals surface area contributed by atoms with Gasteiger partial charge in [-0.25, -0.2) is 4.79 Å². The maximum absolute atomic E-state index is 13.8. The number of fused-ring (bicyclic) bond motifs is 2. The van der Waals surface area contributed by atoms with Crippen molar-refractivity contribution in [2.75, 3.05) is 34.5 Å². The van der Waals surface area contributed by atoms with Gasteiger partial charge in [0.25, 0.3) is 5.91 Å². The van der Waals surface area contributed by atoms with Crippen LogP contribution in [0, 0.1) is 6.92 Å². The molecule has 0 N–H and O–H groups in total. The van der Waals surface area contributed by atoms with E-state index in [9.17, 15) is 9.59 Å². The van der Waals surface area contributed by atoms with Crippen molar-refractivity contribution < 1.29 is 28.2 Å². The Morgan fingerprint density at radius 3 is 2.45 bits per heavy atom. The third-order valence-corrected chi connectivity index (χ3v) is 6.93. The Bertz CT molecular complexity index is 1560. The number of methoxy groups -OCH3 is 3. The summed E-state index contributed by atoms with van der Waals surface area (Å²) in [5, 5.41) is 0.838. The SMILES string of the molecule is COc1cc2c(cc1OC)[C@@H](COc1ccc3c(C)cc(=O)oc3c1)N(C(=O)c1ccccc1OC)CC2. The maximum Gasteiger partial charge on any atom is 0.336 e. The van der Waals surface area contributed by atoms with E-state index in [1.54, 1.807) is 44.4 Å². The molecule has 1 atom stereocenters. The molecule has 1 aliphatic rings. The lowest BCUT2D eigenvalue weighted by Crippen LogP contribution is -2.42. The van der Waals surface area contributed by atoms with Gasteiger partial charge in [-0.3, -0.25) is 4.79 Å². The molecule has 5 rings (SSSR count). The fourth-order valence-corrected chi connectivity index (χ4v) is 5.00. The van der Waals surface area contributed by atoms with Crippen LogP contribution in [0.4, 0.5) is 0 Å². The Hall–Kier alpha value is -4.46. The first-order valence-electron chi connectivity index (χ1n) is 12.3. The standard InChI is InChI=1S/C30H29NO7/c1-18-13-29(32)38-26-15-20(9-10-21(18)26)37-17-24-23-16-28(36-4)27(35-3)14-19(23)11-12-31(24)30(33)22-7-5-6-8-25(22)34-2/h5-10,13-16,24H,11-12,17H2,1-4H3/t24-/m1/s1. The van der Waals surface area contributed by atoms with Crippen LogP contribution in [0.5, 0.6) is 23.0 Å². The monoisotopic (exact) mass is 515 g/mol. The number of nitrogens with zero attached hydrogens (tertiary/aromatic N) is 1. The topological polar surface area (TPSA) is 87.4 Å². The van der Waals surface area contributed by atoms with Crippen LogP contribution in [0.15, 0.2) is 69.9 Å². The summed E-state index contributed by atoms with van der Waals surface area (Å²) in [4.78, 5) is 27.5. The molecule has 0 radical (unpaired) electrons. The average molecular weight is 516 g/mol. The number of rotatable bonds is 7. The van der Waals surface area contributed by atoms with Crippen molar-refractivity contribution in [2.24, 2.45) is 0 Å². The molecule has 3 aromatic carbocycles. The zero-order valence-corrected chi connectivity index (χ0v) is 21.8. The van der Waals surface area contributed by atoms with Gasteiger partial charge < -0.3 is 28.3 Å². The summed E-state index contributed by atoms with van der Waals surface area (Å²) in [5.41, 5.74) is 3.32. The summed E-state index contributed by atoms with van der Waals surface area (Å²) < 4.78 is 28.2. The number of para-hydroxylation sites is 1. The lowest BCUT2D eigenvalue weighted by Gasteiger charge is -2.38. The first-order chi connectivity index (χ1) is 18.4. The zero-order valence-electron chi connectivity index (χ0n) is 21.8. The first-order valence-corrected chi connectivity index (χ1v) is 12.3. The quantitative estimate of drug-likeness (QED) is 0.322. The molecule has 8 nitrogen and oxygen atoms in total. The van der Waals surface area contributed by atoms with E-state index < -0.39 is 11.7 Å². The second-order valence-electron chi connectivity index (χ2n) is 9.09. The van der Waals surface area contributed by atoms with E-state index in [1.165, 1.54) is 6.07 Å². The lowest BCUT2D eigenvalue weighted by molar-refractivity contribution is 0.0586. The third-order valence-electron chi connectivity index (χ3n) is 6.93. The van der Waals surface area contributed by atoms with Crippen LogP contribution in [0.3, 0.4) is 0 Å². The molecule has 4 aromatic rings. The average Bonchev–Trinajstić information content (AvgIpc) is 2.94. The van der Waals surface area contributed by atoms with Crippen LogP contribution in [0.2, 0.25) is 0 Å². The van der Waals surface area contributed by atoms with Crippen LogP contribution >= 0.6 is 0 Å². The molecule has 0 fully saturated rings. The van der Waals surface area contributed by atoms with Crippen molar-refractivity contribution in [2.45, 2.75) is 19.4 Å². The van der Waals surface area contributed by atoms with Crippen LogP contribution in [-0.4, -0.2) is 45.3 Å². The van der Waals surface area contributed by atoms with Crippen LogP contribution in [-0.2, 0) is 6.42 Å². The molecular weight excluding hydrogens is 486 g/mol. The molecule has 8 heteroatoms. The lowest BCUT2D eigenvalue weighted by atomic mass is 9.91. The van der Waals surface area contributed by atoms with Gasteiger partial charge in [0.15, 0.2) is 11.5 Å². The highest BCUT2D eigenvalue weighted by molar-refractivity contribution is 5.97. The Balaban J connectivity index is 1.53. The fraction of sp³-hybridized carbons (Fsp3) is 0.267. The number of carbonyl (C=O) groups excluding carboxylic acids is 1. The molecule has 1 amide bonds. The number of ether oxygens (including phenoxy) is 4. The van der Waals surface area contributed by atoms with Crippen molar-refractivity contribution in [3.63, 3.8) is 0 Å². The molecule has 1 aromatic heterocycles. The highest BCUT2D eigenvalue weighted by Gasteiger charge is 2.34. The smallest absolute Gasteiger partial charge is 0.336 e. The van der Waals surface area contributed by atoms with E-state index in [-0.39, 0.29) is 12.5 Å². The van der Waals surface area contributed by atoms with Crippen LogP contribution < -0.4 is 24.6 Å². The number of carbonyl (C=O) groups is 1. The van der Waals surface area contributed by atoms with E-state index in [0.717, 1.165) is 22.1 Å². The second kappa shape index (κ2) is 10.5. The normalized spacial score (nSPS) is 14.6. The zero-order chi connectivity index (χ0) is 26.8. The predicted octanol–water partition coefficient (Wildman–Crippen LogP) is 4.95. The molecule has 0 bridgehead atoms. The number of hydrogen-bond acceptors (Lipinski definition) is 7. The van der Waals surface area contributed by atoms with Gasteiger partial charge >= 0.3 is 5.63 Å². The molecule has 0 saturated carbocycles. The van der Waals surface area contributed by atoms with Gasteiger partial charge in [0.1, 0.15) is 23.7 Å². The molecular formula is C30H29NO7. The third kappa shape index (κ3) is 4.65. The van der Waals surface area contributed by atoms with Crippen molar-refractivity contribution in [3.8, 4) is 23.0 Å². The number of hydrogen-bond donors (Lipinski definition) is 0. The Kier molecular flexibility index (Phi) is 6.96. The van der Waals surface area contributed by atoms with Crippen LogP contribution in [0.1, 0.15) is 33.1 Å². The van der Waals surface area contributed by atoms with E-state index in [0.29, 0.717) is 47.1 Å². The van der Waals surface area contributed by atoms with Crippen molar-refractivity contribution in [1.82, 2.24) is 4.90 Å². The minimum atomic E-state index is -0.420. The minimum absolute atomic E-state index is 0.156. The molecule has 0 aliphatic carbocycles. The summed E-state index contributed by atoms with van der Waals surface area (Å²) in [6.07, 6.45) is 0.646. The van der Waals surface area contributed by atoms with Gasteiger partial charge in [0, 0.05) is 24.1 Å². The number of aryl methyl sites for hydroxylation is 1. The molecule has 2 heterocycles. The minimum Gasteiger partial charge on any atom is -0.496 e. The Labute approximate surface area is 220 Å². The number of amides is 1. The summed E-state index contributed by atoms with van der Waals surface area (Å²) in [6.45, 7) is 2.52. The Morgan fingerprint density at radius 2 is 1.68 bits per heavy atom. The van der Waals surface area contributed by atoms with E-state index >= 15 is 0 Å². The van der Waals surface area contributed by atoms with Gasteiger partial charge in [0.2, 0.25) is 0 Å². The summed E-state index contributed by atoms with van der Waals surface area (Å²) in [5.74, 6) is 2.09. The Morgan fingerprint density at radius 1 is 0.947 bits per heavy atom. The molecule has 196 valence electrons. The molecule has 0 spiro atoms. The molecule has 0 saturated heterocycles. The van der Waals surface area contributed by atoms with Crippen molar-refractivity contribution in [1.29, 1.82) is 0 Å². The van der Waals surface area contributed by atoms with Gasteiger partial charge in [-0.15, -0.1) is 0 Å². The molecule has 0 unspecified atom stereocenters. The number of benzene rings is 3. The van der Waals surface area contributed by atoms with Gasteiger partial charge in [-0.05, 0) is 66.4 Å². The van der Waals surface area contributed by atoms with Gasteiger partial charge in [-0.1, -0.05) is 12.1 Å². The first kappa shape index (κ1) is 25.2. The summed E-state index contributed by atoms with van der Waals surface area (Å²) >= 11 is 0. The van der Waals surface area contributed by atoms with Gasteiger partial charge in [0.05, 0.1) is 32.9 Å². The second-order valence-corrected chi connectivity index (χ2v) is 9.09.